The lowest BCUT2D eigenvalue weighted by atomic mass is 10.1. The highest BCUT2D eigenvalue weighted by Crippen LogP contribution is 2.37. The second-order valence-corrected chi connectivity index (χ2v) is 13.3. The number of sulfonamides is 1. The van der Waals surface area contributed by atoms with Gasteiger partial charge in [0.25, 0.3) is 11.8 Å². The minimum Gasteiger partial charge on any atom is -0.497 e. The van der Waals surface area contributed by atoms with Gasteiger partial charge in [0.05, 0.1) is 12.0 Å². The second kappa shape index (κ2) is 15.9. The molecule has 0 radical (unpaired) electrons. The van der Waals surface area contributed by atoms with Crippen LogP contribution in [0.15, 0.2) is 149 Å². The number of amides is 3. The molecule has 5 aromatic carbocycles. The quantitative estimate of drug-likeness (QED) is 0.0893. The van der Waals surface area contributed by atoms with Crippen LogP contribution in [0.5, 0.6) is 5.75 Å². The number of hydrogen-bond acceptors (Lipinski definition) is 7. The average molecular weight is 693 g/mol. The SMILES string of the molecule is COc1ccc(/C=C(\NC(=O)c2ccccc2)C(=O)Nc2ccc(SC(C(=O)Nc3ccc(S(N)(=O)=O)cc3)c3ccccc3)cc2)cc1. The maximum Gasteiger partial charge on any atom is 0.272 e. The fourth-order valence-corrected chi connectivity index (χ4v) is 6.14. The van der Waals surface area contributed by atoms with Crippen molar-refractivity contribution in [3.05, 3.63) is 156 Å². The summed E-state index contributed by atoms with van der Waals surface area (Å²) in [6.07, 6.45) is 1.57. The summed E-state index contributed by atoms with van der Waals surface area (Å²) in [6.45, 7) is 0. The van der Waals surface area contributed by atoms with Gasteiger partial charge in [-0.3, -0.25) is 14.4 Å². The Labute approximate surface area is 288 Å². The summed E-state index contributed by atoms with van der Waals surface area (Å²) in [5.74, 6) is -0.636. The van der Waals surface area contributed by atoms with Crippen molar-refractivity contribution in [3.63, 3.8) is 0 Å². The number of anilines is 2. The fraction of sp³-hybridized carbons (Fsp3) is 0.0541. The third kappa shape index (κ3) is 9.67. The summed E-state index contributed by atoms with van der Waals surface area (Å²) in [5, 5.41) is 12.9. The number of primary sulfonamides is 1. The van der Waals surface area contributed by atoms with Crippen LogP contribution < -0.4 is 25.8 Å². The van der Waals surface area contributed by atoms with Crippen molar-refractivity contribution < 1.29 is 27.5 Å². The van der Waals surface area contributed by atoms with Crippen LogP contribution in [0.25, 0.3) is 6.08 Å². The van der Waals surface area contributed by atoms with Gasteiger partial charge in [-0.25, -0.2) is 13.6 Å². The maximum absolute atomic E-state index is 13.5. The predicted octanol–water partition coefficient (Wildman–Crippen LogP) is 6.22. The van der Waals surface area contributed by atoms with Crippen molar-refractivity contribution in [3.8, 4) is 5.75 Å². The van der Waals surface area contributed by atoms with Gasteiger partial charge in [0.1, 0.15) is 16.7 Å². The van der Waals surface area contributed by atoms with Gasteiger partial charge in [-0.1, -0.05) is 60.7 Å². The van der Waals surface area contributed by atoms with E-state index in [4.69, 9.17) is 9.88 Å². The Kier molecular flexibility index (Phi) is 11.3. The number of nitrogens with one attached hydrogen (secondary N) is 3. The number of carbonyl (C=O) groups is 3. The zero-order valence-electron chi connectivity index (χ0n) is 26.2. The summed E-state index contributed by atoms with van der Waals surface area (Å²) in [5.41, 5.74) is 2.75. The van der Waals surface area contributed by atoms with E-state index in [1.165, 1.54) is 36.0 Å². The topological polar surface area (TPSA) is 157 Å². The van der Waals surface area contributed by atoms with Gasteiger partial charge in [0, 0.05) is 21.8 Å². The zero-order chi connectivity index (χ0) is 34.8. The Bertz CT molecular complexity index is 2050. The van der Waals surface area contributed by atoms with Crippen molar-refractivity contribution in [1.29, 1.82) is 0 Å². The van der Waals surface area contributed by atoms with Gasteiger partial charge in [0.2, 0.25) is 15.9 Å². The first kappa shape index (κ1) is 34.6. The molecular formula is C37H32N4O6S2. The van der Waals surface area contributed by atoms with Crippen LogP contribution in [0.1, 0.15) is 26.7 Å². The lowest BCUT2D eigenvalue weighted by Gasteiger charge is -2.18. The lowest BCUT2D eigenvalue weighted by Crippen LogP contribution is -2.30. The number of hydrogen-bond donors (Lipinski definition) is 4. The van der Waals surface area contributed by atoms with E-state index in [0.717, 1.165) is 10.5 Å². The van der Waals surface area contributed by atoms with E-state index >= 15 is 0 Å². The molecular weight excluding hydrogens is 661 g/mol. The molecule has 0 heterocycles. The van der Waals surface area contributed by atoms with Crippen LogP contribution in [-0.2, 0) is 19.6 Å². The van der Waals surface area contributed by atoms with Crippen LogP contribution in [0.4, 0.5) is 11.4 Å². The third-order valence-electron chi connectivity index (χ3n) is 7.11. The molecule has 5 N–H and O–H groups in total. The number of carbonyl (C=O) groups excluding carboxylic acids is 3. The third-order valence-corrected chi connectivity index (χ3v) is 9.31. The molecule has 0 aliphatic heterocycles. The van der Waals surface area contributed by atoms with Crippen LogP contribution in [-0.4, -0.2) is 33.2 Å². The van der Waals surface area contributed by atoms with E-state index in [1.807, 2.05) is 30.3 Å². The molecule has 10 nitrogen and oxygen atoms in total. The van der Waals surface area contributed by atoms with Crippen molar-refractivity contribution >= 4 is 57.0 Å². The van der Waals surface area contributed by atoms with Gasteiger partial charge in [-0.05, 0) is 90.0 Å². The average Bonchev–Trinajstić information content (AvgIpc) is 3.11. The van der Waals surface area contributed by atoms with Gasteiger partial charge in [-0.2, -0.15) is 0 Å². The summed E-state index contributed by atoms with van der Waals surface area (Å²) in [4.78, 5) is 40.6. The zero-order valence-corrected chi connectivity index (χ0v) is 27.8. The Balaban J connectivity index is 1.32. The molecule has 248 valence electrons. The van der Waals surface area contributed by atoms with Crippen molar-refractivity contribution in [2.24, 2.45) is 5.14 Å². The molecule has 0 aliphatic carbocycles. The van der Waals surface area contributed by atoms with Crippen LogP contribution in [0.2, 0.25) is 0 Å². The van der Waals surface area contributed by atoms with E-state index in [-0.39, 0.29) is 16.5 Å². The number of ether oxygens (including phenoxy) is 1. The van der Waals surface area contributed by atoms with Crippen molar-refractivity contribution in [1.82, 2.24) is 5.32 Å². The number of benzene rings is 5. The van der Waals surface area contributed by atoms with E-state index < -0.39 is 27.1 Å². The van der Waals surface area contributed by atoms with E-state index in [9.17, 15) is 22.8 Å². The molecule has 0 spiro atoms. The normalized spacial score (nSPS) is 12.0. The van der Waals surface area contributed by atoms with Gasteiger partial charge < -0.3 is 20.7 Å². The first-order valence-corrected chi connectivity index (χ1v) is 17.3. The van der Waals surface area contributed by atoms with Gasteiger partial charge >= 0.3 is 0 Å². The number of thioether (sulfide) groups is 1. The van der Waals surface area contributed by atoms with Crippen molar-refractivity contribution in [2.75, 3.05) is 17.7 Å². The molecule has 12 heteroatoms. The molecule has 0 aromatic heterocycles. The second-order valence-electron chi connectivity index (χ2n) is 10.6. The highest BCUT2D eigenvalue weighted by Gasteiger charge is 2.23. The molecule has 1 atom stereocenters. The lowest BCUT2D eigenvalue weighted by molar-refractivity contribution is -0.116. The largest absolute Gasteiger partial charge is 0.497 e. The molecule has 3 amide bonds. The van der Waals surface area contributed by atoms with Crippen LogP contribution in [0.3, 0.4) is 0 Å². The van der Waals surface area contributed by atoms with Gasteiger partial charge in [0.15, 0.2) is 0 Å². The smallest absolute Gasteiger partial charge is 0.272 e. The first-order chi connectivity index (χ1) is 23.6. The number of nitrogens with two attached hydrogens (primary N) is 1. The number of methoxy groups -OCH3 is 1. The Morgan fingerprint density at radius 1 is 0.735 bits per heavy atom. The highest BCUT2D eigenvalue weighted by molar-refractivity contribution is 8.00. The molecule has 0 aliphatic rings. The minimum atomic E-state index is -3.87. The molecule has 5 rings (SSSR count). The van der Waals surface area contributed by atoms with Gasteiger partial charge in [-0.15, -0.1) is 11.8 Å². The standard InChI is InChI=1S/C37H32N4O6S2/c1-47-30-18-12-25(13-19-30)24-33(41-35(42)27-10-6-3-7-11-27)36(43)39-28-14-20-31(21-15-28)48-34(26-8-4-2-5-9-26)37(44)40-29-16-22-32(23-17-29)49(38,45)46/h2-24,34H,1H3,(H,39,43)(H,40,44)(H,41,42)(H2,38,45,46)/b33-24-. The Morgan fingerprint density at radius 3 is 1.90 bits per heavy atom. The van der Waals surface area contributed by atoms with Crippen LogP contribution >= 0.6 is 11.8 Å². The number of rotatable bonds is 12. The van der Waals surface area contributed by atoms with E-state index in [0.29, 0.717) is 28.3 Å². The summed E-state index contributed by atoms with van der Waals surface area (Å²) in [7, 11) is -2.31. The molecule has 49 heavy (non-hydrogen) atoms. The molecule has 0 bridgehead atoms. The molecule has 0 saturated carbocycles. The van der Waals surface area contributed by atoms with E-state index in [1.54, 1.807) is 92.0 Å². The molecule has 1 unspecified atom stereocenters. The fourth-order valence-electron chi connectivity index (χ4n) is 4.60. The monoisotopic (exact) mass is 692 g/mol. The van der Waals surface area contributed by atoms with E-state index in [2.05, 4.69) is 16.0 Å². The maximum atomic E-state index is 13.5. The first-order valence-electron chi connectivity index (χ1n) is 14.9. The molecule has 0 fully saturated rings. The minimum absolute atomic E-state index is 0.0374. The molecule has 5 aromatic rings. The predicted molar refractivity (Wildman–Crippen MR) is 191 cm³/mol. The molecule has 0 saturated heterocycles. The highest BCUT2D eigenvalue weighted by atomic mass is 32.2. The summed E-state index contributed by atoms with van der Waals surface area (Å²) >= 11 is 1.30. The Hall–Kier alpha value is -5.69. The summed E-state index contributed by atoms with van der Waals surface area (Å²) in [6, 6.07) is 37.4. The summed E-state index contributed by atoms with van der Waals surface area (Å²) < 4.78 is 28.4. The Morgan fingerprint density at radius 2 is 1.31 bits per heavy atom. The van der Waals surface area contributed by atoms with Crippen molar-refractivity contribution in [2.45, 2.75) is 15.0 Å². The van der Waals surface area contributed by atoms with Crippen LogP contribution in [0, 0.1) is 0 Å².